The number of nitrogens with zero attached hydrogens (tertiary/aromatic N) is 3. The normalized spacial score (nSPS) is 13.5. The maximum Gasteiger partial charge on any atom is 0.325 e. The summed E-state index contributed by atoms with van der Waals surface area (Å²) < 4.78 is 0. The van der Waals surface area contributed by atoms with E-state index >= 15 is 0 Å². The molecule has 1 aliphatic heterocycles. The summed E-state index contributed by atoms with van der Waals surface area (Å²) in [7, 11) is 0. The van der Waals surface area contributed by atoms with E-state index in [9.17, 15) is 14.4 Å². The molecule has 33 heavy (non-hydrogen) atoms. The van der Waals surface area contributed by atoms with Crippen molar-refractivity contribution in [3.05, 3.63) is 70.7 Å². The molecule has 8 nitrogen and oxygen atoms in total. The van der Waals surface area contributed by atoms with E-state index in [1.807, 2.05) is 49.4 Å². The number of amides is 3. The second kappa shape index (κ2) is 9.83. The third-order valence-electron chi connectivity index (χ3n) is 5.43. The molecule has 170 valence electrons. The van der Waals surface area contributed by atoms with Gasteiger partial charge in [-0.3, -0.25) is 14.9 Å². The van der Waals surface area contributed by atoms with Gasteiger partial charge in [0.1, 0.15) is 5.69 Å². The Bertz CT molecular complexity index is 1170. The summed E-state index contributed by atoms with van der Waals surface area (Å²) in [5, 5.41) is 7.48. The van der Waals surface area contributed by atoms with Crippen LogP contribution in [0.15, 0.2) is 53.9 Å². The minimum absolute atomic E-state index is 0.0433. The fraction of sp³-hybridized carbons (Fsp3) is 0.250. The van der Waals surface area contributed by atoms with Gasteiger partial charge in [0.05, 0.1) is 0 Å². The number of Topliss-reactive ketones (excluding diaryl/α,β-unsaturated/α-hetero) is 1. The van der Waals surface area contributed by atoms with Crippen LogP contribution in [0.2, 0.25) is 0 Å². The lowest BCUT2D eigenvalue weighted by Crippen LogP contribution is -2.48. The third kappa shape index (κ3) is 5.56. The third-order valence-corrected chi connectivity index (χ3v) is 6.18. The van der Waals surface area contributed by atoms with Crippen molar-refractivity contribution in [1.82, 2.24) is 9.88 Å². The van der Waals surface area contributed by atoms with Crippen molar-refractivity contribution in [2.45, 2.75) is 13.8 Å². The second-order valence-corrected chi connectivity index (χ2v) is 8.73. The largest absolute Gasteiger partial charge is 0.368 e. The Kier molecular flexibility index (Phi) is 6.69. The predicted octanol–water partition coefficient (Wildman–Crippen LogP) is 4.26. The number of urea groups is 1. The molecule has 3 amide bonds. The Labute approximate surface area is 196 Å². The molecule has 0 atom stereocenters. The van der Waals surface area contributed by atoms with Crippen LogP contribution in [0, 0.1) is 6.92 Å². The first-order chi connectivity index (χ1) is 15.9. The molecule has 0 spiro atoms. The first-order valence-corrected chi connectivity index (χ1v) is 11.5. The summed E-state index contributed by atoms with van der Waals surface area (Å²) in [6, 6.07) is 14.6. The quantitative estimate of drug-likeness (QED) is 0.552. The van der Waals surface area contributed by atoms with E-state index in [2.05, 4.69) is 20.5 Å². The lowest BCUT2D eigenvalue weighted by atomic mass is 10.1. The maximum absolute atomic E-state index is 12.9. The highest BCUT2D eigenvalue weighted by Gasteiger charge is 2.24. The van der Waals surface area contributed by atoms with Crippen LogP contribution in [0.4, 0.5) is 21.3 Å². The number of carbonyl (C=O) groups is 3. The molecule has 1 saturated heterocycles. The van der Waals surface area contributed by atoms with E-state index in [0.29, 0.717) is 48.3 Å². The number of rotatable bonds is 5. The van der Waals surface area contributed by atoms with Crippen molar-refractivity contribution in [3.63, 3.8) is 0 Å². The van der Waals surface area contributed by atoms with Crippen molar-refractivity contribution in [2.75, 3.05) is 41.7 Å². The molecule has 0 aliphatic carbocycles. The monoisotopic (exact) mass is 463 g/mol. The Balaban J connectivity index is 1.30. The molecule has 1 fully saturated rings. The Hall–Kier alpha value is -3.72. The van der Waals surface area contributed by atoms with Crippen LogP contribution < -0.4 is 15.5 Å². The summed E-state index contributed by atoms with van der Waals surface area (Å²) in [5.41, 5.74) is 3.78. The number of aromatic nitrogens is 1. The maximum atomic E-state index is 12.9. The van der Waals surface area contributed by atoms with E-state index < -0.39 is 6.03 Å². The van der Waals surface area contributed by atoms with Crippen molar-refractivity contribution in [3.8, 4) is 0 Å². The molecular formula is C24H25N5O3S. The zero-order valence-electron chi connectivity index (χ0n) is 18.5. The number of benzene rings is 2. The van der Waals surface area contributed by atoms with Crippen LogP contribution in [0.5, 0.6) is 0 Å². The van der Waals surface area contributed by atoms with Crippen LogP contribution in [-0.4, -0.2) is 53.8 Å². The Morgan fingerprint density at radius 2 is 1.70 bits per heavy atom. The molecule has 2 aromatic carbocycles. The van der Waals surface area contributed by atoms with Gasteiger partial charge in [-0.2, -0.15) is 0 Å². The molecule has 2 N–H and O–H groups in total. The molecule has 0 bridgehead atoms. The van der Waals surface area contributed by atoms with E-state index in [0.717, 1.165) is 11.3 Å². The van der Waals surface area contributed by atoms with Crippen molar-refractivity contribution >= 4 is 45.6 Å². The molecule has 2 heterocycles. The van der Waals surface area contributed by atoms with Crippen LogP contribution >= 0.6 is 11.3 Å². The van der Waals surface area contributed by atoms with Gasteiger partial charge in [-0.15, -0.1) is 11.3 Å². The number of nitrogens with one attached hydrogen (secondary N) is 2. The minimum Gasteiger partial charge on any atom is -0.368 e. The highest BCUT2D eigenvalue weighted by Crippen LogP contribution is 2.21. The molecule has 0 saturated carbocycles. The van der Waals surface area contributed by atoms with Gasteiger partial charge in [0.25, 0.3) is 5.91 Å². The number of carbonyl (C=O) groups excluding carboxylic acids is 3. The fourth-order valence-corrected chi connectivity index (χ4v) is 4.33. The highest BCUT2D eigenvalue weighted by atomic mass is 32.1. The molecule has 1 aromatic heterocycles. The van der Waals surface area contributed by atoms with E-state index in [1.165, 1.54) is 11.3 Å². The average molecular weight is 464 g/mol. The lowest BCUT2D eigenvalue weighted by molar-refractivity contribution is 0.0741. The SMILES string of the molecule is CC(=O)c1ccc(N2CCN(C(=O)c3csc(NC(=O)Nc4cccc(C)c4)n3)CC2)cc1. The van der Waals surface area contributed by atoms with Gasteiger partial charge in [0.15, 0.2) is 10.9 Å². The first-order valence-electron chi connectivity index (χ1n) is 10.6. The standard InChI is InChI=1S/C24H25N5O3S/c1-16-4-3-5-19(14-16)25-23(32)27-24-26-21(15-33-24)22(31)29-12-10-28(11-13-29)20-8-6-18(7-9-20)17(2)30/h3-9,14-15H,10-13H2,1-2H3,(H2,25,26,27,32). The first kappa shape index (κ1) is 22.5. The Morgan fingerprint density at radius 1 is 0.970 bits per heavy atom. The second-order valence-electron chi connectivity index (χ2n) is 7.87. The average Bonchev–Trinajstić information content (AvgIpc) is 3.27. The van der Waals surface area contributed by atoms with E-state index in [-0.39, 0.29) is 11.7 Å². The Morgan fingerprint density at radius 3 is 2.36 bits per heavy atom. The van der Waals surface area contributed by atoms with Gasteiger partial charge in [-0.05, 0) is 55.8 Å². The predicted molar refractivity (Wildman–Crippen MR) is 130 cm³/mol. The van der Waals surface area contributed by atoms with Gasteiger partial charge in [0, 0.05) is 48.5 Å². The number of piperazine rings is 1. The summed E-state index contributed by atoms with van der Waals surface area (Å²) in [5.74, 6) is -0.105. The number of anilines is 3. The van der Waals surface area contributed by atoms with Crippen molar-refractivity contribution in [2.24, 2.45) is 0 Å². The number of aryl methyl sites for hydroxylation is 1. The van der Waals surface area contributed by atoms with E-state index in [4.69, 9.17) is 0 Å². The zero-order chi connectivity index (χ0) is 23.4. The smallest absolute Gasteiger partial charge is 0.325 e. The molecule has 3 aromatic rings. The molecule has 9 heteroatoms. The molecule has 1 aliphatic rings. The summed E-state index contributed by atoms with van der Waals surface area (Å²) >= 11 is 1.22. The molecule has 0 radical (unpaired) electrons. The number of ketones is 1. The van der Waals surface area contributed by atoms with Crippen LogP contribution in [0.3, 0.4) is 0 Å². The number of hydrogen-bond acceptors (Lipinski definition) is 6. The summed E-state index contributed by atoms with van der Waals surface area (Å²) in [6.45, 7) is 6.03. The van der Waals surface area contributed by atoms with E-state index in [1.54, 1.807) is 23.3 Å². The number of hydrogen-bond donors (Lipinski definition) is 2. The highest BCUT2D eigenvalue weighted by molar-refractivity contribution is 7.14. The van der Waals surface area contributed by atoms with Crippen molar-refractivity contribution in [1.29, 1.82) is 0 Å². The summed E-state index contributed by atoms with van der Waals surface area (Å²) in [4.78, 5) is 44.8. The van der Waals surface area contributed by atoms with Gasteiger partial charge in [-0.1, -0.05) is 12.1 Å². The fourth-order valence-electron chi connectivity index (χ4n) is 3.65. The lowest BCUT2D eigenvalue weighted by Gasteiger charge is -2.35. The van der Waals surface area contributed by atoms with Crippen molar-refractivity contribution < 1.29 is 14.4 Å². The number of thiazole rings is 1. The van der Waals surface area contributed by atoms with Crippen LogP contribution in [0.1, 0.15) is 33.3 Å². The minimum atomic E-state index is -0.404. The topological polar surface area (TPSA) is 94.6 Å². The molecular weight excluding hydrogens is 438 g/mol. The zero-order valence-corrected chi connectivity index (χ0v) is 19.3. The van der Waals surface area contributed by atoms with Gasteiger partial charge >= 0.3 is 6.03 Å². The molecule has 4 rings (SSSR count). The van der Waals surface area contributed by atoms with Gasteiger partial charge < -0.3 is 15.1 Å². The summed E-state index contributed by atoms with van der Waals surface area (Å²) in [6.07, 6.45) is 0. The van der Waals surface area contributed by atoms with Crippen LogP contribution in [0.25, 0.3) is 0 Å². The van der Waals surface area contributed by atoms with Gasteiger partial charge in [0.2, 0.25) is 0 Å². The van der Waals surface area contributed by atoms with Crippen LogP contribution in [-0.2, 0) is 0 Å². The van der Waals surface area contributed by atoms with Gasteiger partial charge in [-0.25, -0.2) is 9.78 Å². The molecule has 0 unspecified atom stereocenters.